The molecule has 0 aliphatic carbocycles. The van der Waals surface area contributed by atoms with Gasteiger partial charge in [0.25, 0.3) is 5.91 Å². The molecule has 2 rings (SSSR count). The van der Waals surface area contributed by atoms with Gasteiger partial charge >= 0.3 is 0 Å². The van der Waals surface area contributed by atoms with Gasteiger partial charge in [0.05, 0.1) is 4.90 Å². The first-order chi connectivity index (χ1) is 15.1. The third kappa shape index (κ3) is 11.7. The van der Waals surface area contributed by atoms with E-state index in [1.54, 1.807) is 24.4 Å². The van der Waals surface area contributed by atoms with Crippen LogP contribution >= 0.6 is 0 Å². The number of unbranched alkanes of at least 4 members (excludes halogenated alkanes) is 4. The average Bonchev–Trinajstić information content (AvgIpc) is 2.73. The summed E-state index contributed by atoms with van der Waals surface area (Å²) in [7, 11) is -2.38. The van der Waals surface area contributed by atoms with E-state index < -0.39 is 10.1 Å². The van der Waals surface area contributed by atoms with E-state index in [2.05, 4.69) is 24.4 Å². The summed E-state index contributed by atoms with van der Waals surface area (Å²) < 4.78 is 33.0. The minimum atomic E-state index is -4.27. The van der Waals surface area contributed by atoms with Gasteiger partial charge in [-0.1, -0.05) is 63.6 Å². The highest BCUT2D eigenvalue weighted by Gasteiger charge is 2.07. The van der Waals surface area contributed by atoms with E-state index in [9.17, 15) is 17.8 Å². The lowest BCUT2D eigenvalue weighted by molar-refractivity contribution is -0.671. The molecule has 0 aliphatic rings. The Labute approximate surface area is 192 Å². The van der Waals surface area contributed by atoms with E-state index in [-0.39, 0.29) is 10.8 Å². The summed E-state index contributed by atoms with van der Waals surface area (Å²) in [5.74, 6) is 0.233. The molecular formula is C24H35N3O4S. The molecule has 32 heavy (non-hydrogen) atoms. The van der Waals surface area contributed by atoms with Crippen LogP contribution in [0.2, 0.25) is 0 Å². The standard InChI is InChI=1S/C17H27N3O.C7H8O3S/c1-4-5-6-7-8-10-15(2)13-18-19-17(21)16-11-9-12-20(3)14-16;1-6-2-4-7(5-3-6)11(8,9)10/h9,11-15H,4-8,10H2,1-3H3;2-5H,1H3,(H,8,9,10)/b18-13+;. The SMILES string of the molecule is CCCCCCCC(C)/C=N/NC(=O)c1ccc[n+](C)c1.Cc1ccc(S(=O)(=O)[O-])cc1. The first kappa shape index (κ1) is 27.5. The first-order valence-electron chi connectivity index (χ1n) is 10.9. The molecule has 0 aliphatic heterocycles. The molecule has 1 atom stereocenters. The number of hydrogen-bond acceptors (Lipinski definition) is 5. The van der Waals surface area contributed by atoms with Gasteiger partial charge in [0.1, 0.15) is 22.7 Å². The molecule has 0 radical (unpaired) electrons. The van der Waals surface area contributed by atoms with Gasteiger partial charge in [0, 0.05) is 12.3 Å². The van der Waals surface area contributed by atoms with Crippen LogP contribution in [0.3, 0.4) is 0 Å². The second-order valence-corrected chi connectivity index (χ2v) is 9.30. The lowest BCUT2D eigenvalue weighted by atomic mass is 10.0. The molecule has 1 heterocycles. The van der Waals surface area contributed by atoms with E-state index >= 15 is 0 Å². The highest BCUT2D eigenvalue weighted by atomic mass is 32.2. The number of hydrogen-bond donors (Lipinski definition) is 1. The van der Waals surface area contributed by atoms with Crippen molar-refractivity contribution in [3.8, 4) is 0 Å². The van der Waals surface area contributed by atoms with Gasteiger partial charge in [-0.2, -0.15) is 5.10 Å². The van der Waals surface area contributed by atoms with E-state index in [0.29, 0.717) is 11.5 Å². The molecule has 1 aromatic heterocycles. The Bertz CT molecular complexity index is 957. The van der Waals surface area contributed by atoms with Crippen LogP contribution in [0.5, 0.6) is 0 Å². The second-order valence-electron chi connectivity index (χ2n) is 7.92. The number of nitrogens with one attached hydrogen (secondary N) is 1. The number of rotatable bonds is 10. The summed E-state index contributed by atoms with van der Waals surface area (Å²) in [5.41, 5.74) is 4.13. The number of carbonyl (C=O) groups is 1. The Hall–Kier alpha value is -2.58. The van der Waals surface area contributed by atoms with Crippen molar-refractivity contribution in [2.24, 2.45) is 18.1 Å². The summed E-state index contributed by atoms with van der Waals surface area (Å²) >= 11 is 0. The van der Waals surface area contributed by atoms with Gasteiger partial charge < -0.3 is 4.55 Å². The van der Waals surface area contributed by atoms with E-state index in [1.807, 2.05) is 37.0 Å². The summed E-state index contributed by atoms with van der Waals surface area (Å²) in [6.45, 7) is 6.18. The third-order valence-electron chi connectivity index (χ3n) is 4.77. The van der Waals surface area contributed by atoms with Crippen molar-refractivity contribution in [3.63, 3.8) is 0 Å². The van der Waals surface area contributed by atoms with Crippen molar-refractivity contribution in [1.29, 1.82) is 0 Å². The molecule has 7 nitrogen and oxygen atoms in total. The summed E-state index contributed by atoms with van der Waals surface area (Å²) in [6, 6.07) is 9.41. The predicted octanol–water partition coefficient (Wildman–Crippen LogP) is 4.12. The highest BCUT2D eigenvalue weighted by molar-refractivity contribution is 7.85. The molecular weight excluding hydrogens is 426 g/mol. The van der Waals surface area contributed by atoms with E-state index in [1.165, 1.54) is 44.2 Å². The van der Waals surface area contributed by atoms with Crippen molar-refractivity contribution in [2.75, 3.05) is 0 Å². The highest BCUT2D eigenvalue weighted by Crippen LogP contribution is 2.10. The van der Waals surface area contributed by atoms with Crippen molar-refractivity contribution in [2.45, 2.75) is 64.2 Å². The van der Waals surface area contributed by atoms with Crippen LogP contribution in [0.15, 0.2) is 58.8 Å². The van der Waals surface area contributed by atoms with Crippen LogP contribution < -0.4 is 9.99 Å². The van der Waals surface area contributed by atoms with Crippen molar-refractivity contribution in [3.05, 3.63) is 59.9 Å². The Kier molecular flexibility index (Phi) is 12.4. The number of aromatic nitrogens is 1. The van der Waals surface area contributed by atoms with Gasteiger partial charge in [-0.25, -0.2) is 18.4 Å². The Balaban J connectivity index is 0.000000389. The molecule has 1 N–H and O–H groups in total. The average molecular weight is 462 g/mol. The number of amides is 1. The molecule has 1 aromatic carbocycles. The van der Waals surface area contributed by atoms with Crippen LogP contribution in [0, 0.1) is 12.8 Å². The summed E-state index contributed by atoms with van der Waals surface area (Å²) in [5, 5.41) is 4.06. The minimum absolute atomic E-state index is 0.169. The van der Waals surface area contributed by atoms with Crippen molar-refractivity contribution in [1.82, 2.24) is 5.43 Å². The molecule has 0 bridgehead atoms. The third-order valence-corrected chi connectivity index (χ3v) is 5.62. The maximum atomic E-state index is 11.9. The minimum Gasteiger partial charge on any atom is -0.744 e. The molecule has 1 amide bonds. The molecule has 0 saturated carbocycles. The van der Waals surface area contributed by atoms with Gasteiger partial charge in [0.2, 0.25) is 0 Å². The zero-order valence-corrected chi connectivity index (χ0v) is 20.3. The molecule has 0 fully saturated rings. The molecule has 8 heteroatoms. The molecule has 0 saturated heterocycles. The molecule has 2 aromatic rings. The number of pyridine rings is 1. The predicted molar refractivity (Wildman–Crippen MR) is 125 cm³/mol. The largest absolute Gasteiger partial charge is 0.744 e. The second kappa shape index (κ2) is 14.5. The van der Waals surface area contributed by atoms with Crippen LogP contribution in [0.25, 0.3) is 0 Å². The Morgan fingerprint density at radius 1 is 1.16 bits per heavy atom. The number of nitrogens with zero attached hydrogens (tertiary/aromatic N) is 2. The maximum absolute atomic E-state index is 11.9. The number of carbonyl (C=O) groups excluding carboxylic acids is 1. The van der Waals surface area contributed by atoms with Crippen molar-refractivity contribution < 1.29 is 22.3 Å². The number of benzene rings is 1. The van der Waals surface area contributed by atoms with Gasteiger partial charge in [-0.15, -0.1) is 0 Å². The lowest BCUT2D eigenvalue weighted by Crippen LogP contribution is -2.29. The zero-order chi connectivity index (χ0) is 24.0. The van der Waals surface area contributed by atoms with E-state index in [4.69, 9.17) is 0 Å². The fourth-order valence-corrected chi connectivity index (χ4v) is 3.33. The molecule has 176 valence electrons. The number of aryl methyl sites for hydroxylation is 2. The van der Waals surface area contributed by atoms with Gasteiger partial charge in [-0.3, -0.25) is 4.79 Å². The van der Waals surface area contributed by atoms with E-state index in [0.717, 1.165) is 12.0 Å². The fraction of sp³-hybridized carbons (Fsp3) is 0.458. The number of hydrazone groups is 1. The molecule has 1 unspecified atom stereocenters. The maximum Gasteiger partial charge on any atom is 0.277 e. The molecule has 0 spiro atoms. The summed E-state index contributed by atoms with van der Waals surface area (Å²) in [4.78, 5) is 11.7. The Morgan fingerprint density at radius 3 is 2.41 bits per heavy atom. The Morgan fingerprint density at radius 2 is 1.81 bits per heavy atom. The topological polar surface area (TPSA) is 103 Å². The quantitative estimate of drug-likeness (QED) is 0.189. The normalized spacial score (nSPS) is 12.2. The van der Waals surface area contributed by atoms with Crippen LogP contribution in [-0.2, 0) is 17.2 Å². The van der Waals surface area contributed by atoms with Crippen LogP contribution in [-0.4, -0.2) is 25.1 Å². The van der Waals surface area contributed by atoms with Crippen molar-refractivity contribution >= 4 is 22.2 Å². The van der Waals surface area contributed by atoms with Gasteiger partial charge in [0.15, 0.2) is 12.4 Å². The summed E-state index contributed by atoms with van der Waals surface area (Å²) in [6.07, 6.45) is 13.1. The first-order valence-corrected chi connectivity index (χ1v) is 12.4. The van der Waals surface area contributed by atoms with Crippen LogP contribution in [0.1, 0.15) is 68.3 Å². The lowest BCUT2D eigenvalue weighted by Gasteiger charge is -2.05. The smallest absolute Gasteiger partial charge is 0.277 e. The van der Waals surface area contributed by atoms with Crippen LogP contribution in [0.4, 0.5) is 0 Å². The van der Waals surface area contributed by atoms with Gasteiger partial charge in [-0.05, 0) is 37.5 Å². The monoisotopic (exact) mass is 461 g/mol. The fourth-order valence-electron chi connectivity index (χ4n) is 2.86. The zero-order valence-electron chi connectivity index (χ0n) is 19.5.